The Morgan fingerprint density at radius 2 is 1.97 bits per heavy atom. The number of rotatable bonds is 6. The van der Waals surface area contributed by atoms with Gasteiger partial charge in [0.2, 0.25) is 10.0 Å². The highest BCUT2D eigenvalue weighted by Crippen LogP contribution is 2.26. The fourth-order valence-electron chi connectivity index (χ4n) is 3.76. The zero-order chi connectivity index (χ0) is 20.6. The largest absolute Gasteiger partial charge is 0.455 e. The lowest BCUT2D eigenvalue weighted by atomic mass is 10.3. The minimum absolute atomic E-state index is 0.0144. The number of benzene rings is 1. The van der Waals surface area contributed by atoms with Crippen LogP contribution in [0.25, 0.3) is 11.0 Å². The molecule has 0 radical (unpaired) electrons. The minimum atomic E-state index is -3.63. The van der Waals surface area contributed by atoms with Gasteiger partial charge in [0.1, 0.15) is 16.5 Å². The Balaban J connectivity index is 1.53. The summed E-state index contributed by atoms with van der Waals surface area (Å²) in [5.41, 5.74) is 1.87. The summed E-state index contributed by atoms with van der Waals surface area (Å²) in [7, 11) is -3.63. The van der Waals surface area contributed by atoms with Crippen molar-refractivity contribution in [3.8, 4) is 0 Å². The Kier molecular flexibility index (Phi) is 5.18. The average molecular weight is 417 g/mol. The maximum atomic E-state index is 12.8. The Morgan fingerprint density at radius 3 is 2.69 bits per heavy atom. The second kappa shape index (κ2) is 7.64. The lowest BCUT2D eigenvalue weighted by Gasteiger charge is -2.14. The molecule has 29 heavy (non-hydrogen) atoms. The molecule has 0 spiro atoms. The number of imidazole rings is 1. The van der Waals surface area contributed by atoms with Crippen LogP contribution in [0.5, 0.6) is 0 Å². The third kappa shape index (κ3) is 3.56. The van der Waals surface area contributed by atoms with Crippen molar-refractivity contribution < 1.29 is 17.6 Å². The number of hydrogen-bond donors (Lipinski definition) is 1. The number of nitrogens with zero attached hydrogens (tertiary/aromatic N) is 3. The second-order valence-corrected chi connectivity index (χ2v) is 8.99. The Hall–Kier alpha value is -2.65. The van der Waals surface area contributed by atoms with Gasteiger partial charge in [-0.25, -0.2) is 13.4 Å². The van der Waals surface area contributed by atoms with Crippen LogP contribution in [-0.4, -0.2) is 41.3 Å². The zero-order valence-corrected chi connectivity index (χ0v) is 17.3. The molecular weight excluding hydrogens is 392 g/mol. The maximum absolute atomic E-state index is 12.8. The first-order valence-electron chi connectivity index (χ1n) is 9.74. The smallest absolute Gasteiger partial charge is 0.287 e. The highest BCUT2D eigenvalue weighted by Gasteiger charge is 2.31. The molecule has 1 fully saturated rings. The summed E-state index contributed by atoms with van der Waals surface area (Å²) >= 11 is 0. The van der Waals surface area contributed by atoms with Crippen LogP contribution < -0.4 is 5.32 Å². The molecule has 3 aromatic rings. The van der Waals surface area contributed by atoms with Crippen LogP contribution in [0.4, 0.5) is 0 Å². The van der Waals surface area contributed by atoms with Gasteiger partial charge in [0.05, 0.1) is 17.6 Å². The number of sulfonamides is 1. The molecule has 0 aliphatic carbocycles. The summed E-state index contributed by atoms with van der Waals surface area (Å²) in [6.45, 7) is 5.53. The van der Waals surface area contributed by atoms with Crippen molar-refractivity contribution in [2.24, 2.45) is 0 Å². The van der Waals surface area contributed by atoms with Crippen molar-refractivity contribution in [3.63, 3.8) is 0 Å². The zero-order valence-electron chi connectivity index (χ0n) is 16.5. The number of furan rings is 1. The molecule has 0 unspecified atom stereocenters. The van der Waals surface area contributed by atoms with Crippen molar-refractivity contribution in [2.45, 2.75) is 44.7 Å². The molecule has 0 atom stereocenters. The van der Waals surface area contributed by atoms with E-state index >= 15 is 0 Å². The molecular formula is C20H24N4O4S. The Morgan fingerprint density at radius 1 is 1.24 bits per heavy atom. The fourth-order valence-corrected chi connectivity index (χ4v) is 5.44. The van der Waals surface area contributed by atoms with E-state index in [1.54, 1.807) is 6.92 Å². The van der Waals surface area contributed by atoms with Gasteiger partial charge in [-0.15, -0.1) is 0 Å². The van der Waals surface area contributed by atoms with E-state index in [9.17, 15) is 13.2 Å². The van der Waals surface area contributed by atoms with Gasteiger partial charge in [0, 0.05) is 25.7 Å². The number of carbonyl (C=O) groups excluding carboxylic acids is 1. The molecule has 1 saturated heterocycles. The highest BCUT2D eigenvalue weighted by atomic mass is 32.2. The van der Waals surface area contributed by atoms with E-state index in [0.717, 1.165) is 36.2 Å². The normalized spacial score (nSPS) is 15.2. The quantitative estimate of drug-likeness (QED) is 0.666. The molecule has 1 N–H and O–H groups in total. The summed E-state index contributed by atoms with van der Waals surface area (Å²) in [6, 6.07) is 9.11. The number of carbonyl (C=O) groups is 1. The molecule has 4 rings (SSSR count). The van der Waals surface area contributed by atoms with Crippen LogP contribution in [0.1, 0.15) is 41.9 Å². The van der Waals surface area contributed by atoms with Gasteiger partial charge < -0.3 is 14.3 Å². The van der Waals surface area contributed by atoms with E-state index < -0.39 is 15.9 Å². The number of para-hydroxylation sites is 2. The Bertz CT molecular complexity index is 1160. The first kappa shape index (κ1) is 19.7. The van der Waals surface area contributed by atoms with Crippen LogP contribution in [0.2, 0.25) is 0 Å². The molecule has 1 amide bonds. The lowest BCUT2D eigenvalue weighted by molar-refractivity contribution is 0.0920. The summed E-state index contributed by atoms with van der Waals surface area (Å²) in [5, 5.41) is 2.79. The predicted octanol–water partition coefficient (Wildman–Crippen LogP) is 2.67. The van der Waals surface area contributed by atoms with Crippen molar-refractivity contribution in [1.82, 2.24) is 19.2 Å². The molecule has 0 saturated carbocycles. The van der Waals surface area contributed by atoms with E-state index in [1.807, 2.05) is 35.8 Å². The van der Waals surface area contributed by atoms with Crippen molar-refractivity contribution in [1.29, 1.82) is 0 Å². The van der Waals surface area contributed by atoms with Gasteiger partial charge in [-0.05, 0) is 38.8 Å². The van der Waals surface area contributed by atoms with Gasteiger partial charge in [-0.3, -0.25) is 4.79 Å². The highest BCUT2D eigenvalue weighted by molar-refractivity contribution is 7.89. The van der Waals surface area contributed by atoms with Crippen molar-refractivity contribution >= 4 is 27.0 Å². The van der Waals surface area contributed by atoms with Crippen LogP contribution in [0.3, 0.4) is 0 Å². The van der Waals surface area contributed by atoms with Crippen molar-refractivity contribution in [2.75, 3.05) is 13.1 Å². The first-order chi connectivity index (χ1) is 13.9. The molecule has 8 nitrogen and oxygen atoms in total. The summed E-state index contributed by atoms with van der Waals surface area (Å²) in [5.74, 6) is 0.475. The van der Waals surface area contributed by atoms with Crippen LogP contribution in [-0.2, 0) is 23.1 Å². The topological polar surface area (TPSA) is 97.4 Å². The number of amides is 1. The molecule has 154 valence electrons. The maximum Gasteiger partial charge on any atom is 0.287 e. The lowest BCUT2D eigenvalue weighted by Crippen LogP contribution is -2.28. The van der Waals surface area contributed by atoms with Gasteiger partial charge >= 0.3 is 0 Å². The summed E-state index contributed by atoms with van der Waals surface area (Å²) in [4.78, 5) is 17.2. The average Bonchev–Trinajstić information content (AvgIpc) is 3.44. The van der Waals surface area contributed by atoms with Gasteiger partial charge in [0.15, 0.2) is 5.76 Å². The van der Waals surface area contributed by atoms with E-state index in [0.29, 0.717) is 13.1 Å². The van der Waals surface area contributed by atoms with Crippen molar-refractivity contribution in [3.05, 3.63) is 47.7 Å². The number of fused-ring (bicyclic) bond motifs is 1. The molecule has 1 aliphatic heterocycles. The van der Waals surface area contributed by atoms with Crippen LogP contribution in [0.15, 0.2) is 39.6 Å². The summed E-state index contributed by atoms with van der Waals surface area (Å²) < 4.78 is 34.5. The van der Waals surface area contributed by atoms with Gasteiger partial charge in [0.25, 0.3) is 5.91 Å². The fraction of sp³-hybridized carbons (Fsp3) is 0.400. The van der Waals surface area contributed by atoms with Crippen LogP contribution in [0, 0.1) is 6.92 Å². The molecule has 3 heterocycles. The molecule has 0 bridgehead atoms. The van der Waals surface area contributed by atoms with E-state index in [1.165, 1.54) is 10.4 Å². The first-order valence-corrected chi connectivity index (χ1v) is 11.2. The molecule has 9 heteroatoms. The van der Waals surface area contributed by atoms with E-state index in [4.69, 9.17) is 4.42 Å². The standard InChI is InChI=1S/C20H24N4O4S/c1-3-24-16-9-5-4-8-15(16)22-19(24)13-21-20(25)17-12-18(14(2)28-17)29(26,27)23-10-6-7-11-23/h4-5,8-9,12H,3,6-7,10-11,13H2,1-2H3,(H,21,25). The predicted molar refractivity (Wildman–Crippen MR) is 108 cm³/mol. The van der Waals surface area contributed by atoms with Gasteiger partial charge in [-0.1, -0.05) is 12.1 Å². The number of aromatic nitrogens is 2. The SMILES string of the molecule is CCn1c(CNC(=O)c2cc(S(=O)(=O)N3CCCC3)c(C)o2)nc2ccccc21. The van der Waals surface area contributed by atoms with E-state index in [-0.39, 0.29) is 23.0 Å². The molecule has 2 aromatic heterocycles. The third-order valence-corrected chi connectivity index (χ3v) is 7.24. The summed E-state index contributed by atoms with van der Waals surface area (Å²) in [6.07, 6.45) is 1.70. The van der Waals surface area contributed by atoms with E-state index in [2.05, 4.69) is 10.3 Å². The minimum Gasteiger partial charge on any atom is -0.455 e. The van der Waals surface area contributed by atoms with Gasteiger partial charge in [-0.2, -0.15) is 4.31 Å². The number of hydrogen-bond acceptors (Lipinski definition) is 5. The number of aryl methyl sites for hydroxylation is 2. The molecule has 1 aliphatic rings. The Labute approximate surface area is 169 Å². The monoisotopic (exact) mass is 416 g/mol. The van der Waals surface area contributed by atoms with Crippen LogP contribution >= 0.6 is 0 Å². The number of nitrogens with one attached hydrogen (secondary N) is 1. The molecule has 1 aromatic carbocycles. The second-order valence-electron chi connectivity index (χ2n) is 7.09. The third-order valence-electron chi connectivity index (χ3n) is 5.24.